The number of phenolic OH excluding ortho intramolecular Hbond substituents is 1. The molecular weight excluding hydrogens is 214 g/mol. The highest BCUT2D eigenvalue weighted by atomic mass is 16.3. The van der Waals surface area contributed by atoms with E-state index in [9.17, 15) is 5.11 Å². The third-order valence-corrected chi connectivity index (χ3v) is 3.61. The molecule has 2 aliphatic rings. The first-order valence-corrected chi connectivity index (χ1v) is 6.12. The molecule has 3 unspecified atom stereocenters. The Morgan fingerprint density at radius 3 is 2.76 bits per heavy atom. The van der Waals surface area contributed by atoms with Gasteiger partial charge in [0.15, 0.2) is 0 Å². The summed E-state index contributed by atoms with van der Waals surface area (Å²) in [7, 11) is 0. The van der Waals surface area contributed by atoms with Crippen molar-refractivity contribution in [1.29, 1.82) is 0 Å². The van der Waals surface area contributed by atoms with Gasteiger partial charge in [0.2, 0.25) is 0 Å². The first-order valence-electron chi connectivity index (χ1n) is 6.12. The van der Waals surface area contributed by atoms with Crippen LogP contribution in [0.3, 0.4) is 0 Å². The summed E-state index contributed by atoms with van der Waals surface area (Å²) < 4.78 is 0. The second-order valence-electron chi connectivity index (χ2n) is 4.92. The topological polar surface area (TPSA) is 70.6 Å². The summed E-state index contributed by atoms with van der Waals surface area (Å²) >= 11 is 0. The molecule has 4 heteroatoms. The van der Waals surface area contributed by atoms with Gasteiger partial charge < -0.3 is 16.2 Å². The molecule has 4 N–H and O–H groups in total. The van der Waals surface area contributed by atoms with E-state index in [0.717, 1.165) is 30.7 Å². The average Bonchev–Trinajstić information content (AvgIpc) is 2.72. The maximum Gasteiger partial charge on any atom is 0.128 e. The van der Waals surface area contributed by atoms with Gasteiger partial charge in [-0.1, -0.05) is 0 Å². The molecule has 0 saturated heterocycles. The molecule has 1 aliphatic carbocycles. The molecule has 1 fully saturated rings. The summed E-state index contributed by atoms with van der Waals surface area (Å²) in [5.74, 6) is 1.22. The van der Waals surface area contributed by atoms with Gasteiger partial charge in [0.05, 0.1) is 12.1 Å². The molecule has 1 aromatic rings. The van der Waals surface area contributed by atoms with Crippen LogP contribution >= 0.6 is 0 Å². The van der Waals surface area contributed by atoms with E-state index in [1.807, 2.05) is 12.1 Å². The second kappa shape index (κ2) is 4.04. The molecule has 1 aliphatic heterocycles. The highest BCUT2D eigenvalue weighted by Gasteiger charge is 2.33. The van der Waals surface area contributed by atoms with Gasteiger partial charge in [0.25, 0.3) is 0 Å². The van der Waals surface area contributed by atoms with Crippen LogP contribution in [0.15, 0.2) is 29.3 Å². The fourth-order valence-corrected chi connectivity index (χ4v) is 2.65. The van der Waals surface area contributed by atoms with E-state index in [-0.39, 0.29) is 5.75 Å². The van der Waals surface area contributed by atoms with Crippen LogP contribution in [0.4, 0.5) is 0 Å². The lowest BCUT2D eigenvalue weighted by molar-refractivity contribution is 0.347. The summed E-state index contributed by atoms with van der Waals surface area (Å²) in [4.78, 5) is 4.71. The predicted molar refractivity (Wildman–Crippen MR) is 67.2 cm³/mol. The Balaban J connectivity index is 1.80. The van der Waals surface area contributed by atoms with E-state index in [0.29, 0.717) is 18.1 Å². The lowest BCUT2D eigenvalue weighted by Crippen LogP contribution is -2.44. The Kier molecular flexibility index (Phi) is 2.52. The van der Waals surface area contributed by atoms with Crippen LogP contribution in [0.25, 0.3) is 0 Å². The summed E-state index contributed by atoms with van der Waals surface area (Å²) in [6.45, 7) is 0. The van der Waals surface area contributed by atoms with Gasteiger partial charge in [0.1, 0.15) is 11.6 Å². The van der Waals surface area contributed by atoms with Gasteiger partial charge in [-0.2, -0.15) is 0 Å². The minimum absolute atomic E-state index is 0.284. The summed E-state index contributed by atoms with van der Waals surface area (Å²) in [5.41, 5.74) is 7.00. The molecule has 1 heterocycles. The number of amidine groups is 1. The number of hydrogen-bond acceptors (Lipinski definition) is 4. The molecule has 0 radical (unpaired) electrons. The molecule has 90 valence electrons. The van der Waals surface area contributed by atoms with Gasteiger partial charge >= 0.3 is 0 Å². The third-order valence-electron chi connectivity index (χ3n) is 3.61. The van der Waals surface area contributed by atoms with Crippen molar-refractivity contribution in [3.8, 4) is 5.75 Å². The zero-order valence-electron chi connectivity index (χ0n) is 9.63. The quantitative estimate of drug-likeness (QED) is 0.675. The maximum atomic E-state index is 9.26. The molecule has 0 bridgehead atoms. The zero-order valence-corrected chi connectivity index (χ0v) is 9.63. The van der Waals surface area contributed by atoms with E-state index < -0.39 is 0 Å². The first-order chi connectivity index (χ1) is 8.22. The largest absolute Gasteiger partial charge is 0.508 e. The van der Waals surface area contributed by atoms with Crippen LogP contribution < -0.4 is 11.1 Å². The Hall–Kier alpha value is -1.55. The van der Waals surface area contributed by atoms with E-state index in [1.165, 1.54) is 0 Å². The van der Waals surface area contributed by atoms with Crippen molar-refractivity contribution in [2.24, 2.45) is 10.7 Å². The molecule has 0 spiro atoms. The fraction of sp³-hybridized carbons (Fsp3) is 0.462. The summed E-state index contributed by atoms with van der Waals surface area (Å²) in [6.07, 6.45) is 3.13. The van der Waals surface area contributed by atoms with Crippen molar-refractivity contribution in [2.75, 3.05) is 0 Å². The molecule has 1 saturated carbocycles. The molecule has 3 atom stereocenters. The Morgan fingerprint density at radius 1 is 1.24 bits per heavy atom. The molecule has 17 heavy (non-hydrogen) atoms. The normalized spacial score (nSPS) is 31.6. The van der Waals surface area contributed by atoms with E-state index in [1.54, 1.807) is 12.1 Å². The van der Waals surface area contributed by atoms with Gasteiger partial charge in [-0.3, -0.25) is 4.99 Å². The summed E-state index contributed by atoms with van der Waals surface area (Å²) in [5, 5.41) is 12.7. The fourth-order valence-electron chi connectivity index (χ4n) is 2.65. The monoisotopic (exact) mass is 231 g/mol. The van der Waals surface area contributed by atoms with Crippen molar-refractivity contribution < 1.29 is 5.11 Å². The highest BCUT2D eigenvalue weighted by Crippen LogP contribution is 2.26. The van der Waals surface area contributed by atoms with Crippen molar-refractivity contribution in [2.45, 2.75) is 37.4 Å². The number of fused-ring (bicyclic) bond motifs is 1. The number of nitrogens with zero attached hydrogens (tertiary/aromatic N) is 1. The van der Waals surface area contributed by atoms with Gasteiger partial charge in [0, 0.05) is 11.6 Å². The maximum absolute atomic E-state index is 9.26. The number of hydrogen-bond donors (Lipinski definition) is 3. The Morgan fingerprint density at radius 2 is 2.00 bits per heavy atom. The molecule has 0 amide bonds. The zero-order chi connectivity index (χ0) is 11.8. The molecule has 4 nitrogen and oxygen atoms in total. The minimum Gasteiger partial charge on any atom is -0.508 e. The summed E-state index contributed by atoms with van der Waals surface area (Å²) in [6, 6.07) is 8.22. The number of benzene rings is 1. The van der Waals surface area contributed by atoms with E-state index in [2.05, 4.69) is 5.32 Å². The van der Waals surface area contributed by atoms with Crippen LogP contribution in [-0.4, -0.2) is 29.1 Å². The number of aromatic hydroxyl groups is 1. The van der Waals surface area contributed by atoms with Gasteiger partial charge in [-0.25, -0.2) is 0 Å². The standard InChI is InChI=1S/C13H17N3O/c14-9-3-6-11-12(7-9)16-13(15-11)8-1-4-10(17)5-2-8/h1-2,4-5,9,11-12,17H,3,6-7,14H2,(H,15,16). The predicted octanol–water partition coefficient (Wildman–Crippen LogP) is 0.990. The van der Waals surface area contributed by atoms with Crippen LogP contribution in [0, 0.1) is 0 Å². The smallest absolute Gasteiger partial charge is 0.128 e. The highest BCUT2D eigenvalue weighted by molar-refractivity contribution is 6.00. The SMILES string of the molecule is NC1CCC2N=C(c3ccc(O)cc3)NC2C1. The van der Waals surface area contributed by atoms with Crippen LogP contribution in [0.5, 0.6) is 5.75 Å². The van der Waals surface area contributed by atoms with Gasteiger partial charge in [-0.05, 0) is 43.5 Å². The Bertz CT molecular complexity index is 440. The van der Waals surface area contributed by atoms with Crippen LogP contribution in [0.1, 0.15) is 24.8 Å². The second-order valence-corrected chi connectivity index (χ2v) is 4.92. The van der Waals surface area contributed by atoms with Gasteiger partial charge in [-0.15, -0.1) is 0 Å². The van der Waals surface area contributed by atoms with Crippen molar-refractivity contribution in [3.05, 3.63) is 29.8 Å². The van der Waals surface area contributed by atoms with Crippen molar-refractivity contribution >= 4 is 5.84 Å². The molecular formula is C13H17N3O. The Labute approximate surface area is 101 Å². The van der Waals surface area contributed by atoms with Crippen molar-refractivity contribution in [3.63, 3.8) is 0 Å². The van der Waals surface area contributed by atoms with Crippen molar-refractivity contribution in [1.82, 2.24) is 5.32 Å². The number of nitrogens with one attached hydrogen (secondary N) is 1. The lowest BCUT2D eigenvalue weighted by atomic mass is 9.88. The number of rotatable bonds is 1. The number of nitrogens with two attached hydrogens (primary N) is 1. The third kappa shape index (κ3) is 2.00. The molecule has 1 aromatic carbocycles. The molecule has 3 rings (SSSR count). The molecule has 0 aromatic heterocycles. The lowest BCUT2D eigenvalue weighted by Gasteiger charge is -2.28. The van der Waals surface area contributed by atoms with E-state index in [4.69, 9.17) is 10.7 Å². The first kappa shape index (κ1) is 10.6. The average molecular weight is 231 g/mol. The number of aliphatic imine (C=N–C) groups is 1. The van der Waals surface area contributed by atoms with Crippen LogP contribution in [0.2, 0.25) is 0 Å². The van der Waals surface area contributed by atoms with Crippen LogP contribution in [-0.2, 0) is 0 Å². The minimum atomic E-state index is 0.284. The number of phenols is 1. The van der Waals surface area contributed by atoms with E-state index >= 15 is 0 Å².